The number of anilines is 1. The molecule has 41 heavy (non-hydrogen) atoms. The number of esters is 2. The number of carboxylic acid groups (broad SMARTS) is 1. The van der Waals surface area contributed by atoms with Crippen LogP contribution < -0.4 is 5.32 Å². The van der Waals surface area contributed by atoms with Crippen molar-refractivity contribution in [1.82, 2.24) is 0 Å². The van der Waals surface area contributed by atoms with Crippen LogP contribution in [-0.4, -0.2) is 41.1 Å². The van der Waals surface area contributed by atoms with Crippen molar-refractivity contribution in [2.24, 2.45) is 0 Å². The molecule has 3 aromatic carbocycles. The fourth-order valence-electron chi connectivity index (χ4n) is 3.27. The van der Waals surface area contributed by atoms with Crippen LogP contribution in [0.3, 0.4) is 0 Å². The summed E-state index contributed by atoms with van der Waals surface area (Å²) in [7, 11) is 0. The maximum atomic E-state index is 13.1. The molecule has 0 saturated heterocycles. The van der Waals surface area contributed by atoms with E-state index in [2.05, 4.69) is 5.32 Å². The van der Waals surface area contributed by atoms with Crippen molar-refractivity contribution in [3.8, 4) is 0 Å². The highest BCUT2D eigenvalue weighted by Crippen LogP contribution is 2.31. The van der Waals surface area contributed by atoms with Gasteiger partial charge >= 0.3 is 30.3 Å². The van der Waals surface area contributed by atoms with E-state index in [4.69, 9.17) is 9.47 Å². The van der Waals surface area contributed by atoms with E-state index in [1.54, 1.807) is 12.1 Å². The third kappa shape index (κ3) is 8.18. The number of para-hydroxylation sites is 1. The number of aliphatic carboxylic acids is 1. The zero-order chi connectivity index (χ0) is 30.5. The van der Waals surface area contributed by atoms with Gasteiger partial charge in [0.1, 0.15) is 0 Å². The molecule has 216 valence electrons. The Balaban J connectivity index is 1.98. The van der Waals surface area contributed by atoms with Gasteiger partial charge in [0.05, 0.1) is 27.9 Å². The highest BCUT2D eigenvalue weighted by Gasteiger charge is 2.42. The first-order valence-corrected chi connectivity index (χ1v) is 12.2. The zero-order valence-electron chi connectivity index (χ0n) is 20.1. The van der Waals surface area contributed by atoms with E-state index in [-0.39, 0.29) is 5.69 Å². The maximum absolute atomic E-state index is 13.1. The zero-order valence-corrected chi connectivity index (χ0v) is 22.3. The molecule has 8 nitrogen and oxygen atoms in total. The number of carboxylic acids is 1. The minimum Gasteiger partial charge on any atom is -0.478 e. The van der Waals surface area contributed by atoms with Crippen LogP contribution in [0.5, 0.6) is 0 Å². The van der Waals surface area contributed by atoms with Gasteiger partial charge < -0.3 is 19.9 Å². The molecule has 0 fully saturated rings. The second-order valence-corrected chi connectivity index (χ2v) is 9.28. The monoisotopic (exact) mass is 695 g/mol. The van der Waals surface area contributed by atoms with Crippen LogP contribution in [0.15, 0.2) is 72.8 Å². The lowest BCUT2D eigenvalue weighted by Gasteiger charge is -2.24. The second kappa shape index (κ2) is 12.6. The van der Waals surface area contributed by atoms with Crippen molar-refractivity contribution in [1.29, 1.82) is 0 Å². The molecule has 0 heterocycles. The summed E-state index contributed by atoms with van der Waals surface area (Å²) in [5.41, 5.74) is -3.88. The Morgan fingerprint density at radius 3 is 1.61 bits per heavy atom. The summed E-state index contributed by atoms with van der Waals surface area (Å²) in [6.07, 6.45) is -14.9. The summed E-state index contributed by atoms with van der Waals surface area (Å²) < 4.78 is 88.8. The predicted molar refractivity (Wildman–Crippen MR) is 137 cm³/mol. The molecule has 2 N–H and O–H groups in total. The van der Waals surface area contributed by atoms with Crippen molar-refractivity contribution in [3.63, 3.8) is 0 Å². The third-order valence-corrected chi connectivity index (χ3v) is 6.17. The van der Waals surface area contributed by atoms with Crippen molar-refractivity contribution in [2.45, 2.75) is 24.6 Å². The van der Waals surface area contributed by atoms with Crippen LogP contribution in [0.4, 0.5) is 32.0 Å². The number of benzene rings is 3. The van der Waals surface area contributed by atoms with Gasteiger partial charge in [0.25, 0.3) is 5.91 Å². The Morgan fingerprint density at radius 2 is 1.17 bits per heavy atom. The van der Waals surface area contributed by atoms with Crippen LogP contribution in [-0.2, 0) is 31.4 Å². The Morgan fingerprint density at radius 1 is 0.707 bits per heavy atom. The molecule has 0 bridgehead atoms. The summed E-state index contributed by atoms with van der Waals surface area (Å²) in [5, 5.41) is 12.0. The standard InChI is InChI=1S/C26H16F6INO7/c27-25(28,29)15-7-3-5-13(11-15)23(38)40-19(21(35)34-18-10-2-1-9-17(18)33)20(22(36)37)41-24(39)14-6-4-8-16(12-14)26(30,31)32/h1-12,19-20H,(H,34,35)(H,36,37)/t19-,20+/m1/s1. The summed E-state index contributed by atoms with van der Waals surface area (Å²) in [6.45, 7) is 0. The first kappa shape index (κ1) is 31.4. The number of nitrogens with one attached hydrogen (secondary N) is 1. The van der Waals surface area contributed by atoms with E-state index in [1.165, 1.54) is 12.1 Å². The number of halogens is 7. The van der Waals surface area contributed by atoms with Gasteiger partial charge in [-0.2, -0.15) is 26.3 Å². The van der Waals surface area contributed by atoms with Crippen LogP contribution in [0, 0.1) is 3.57 Å². The molecule has 3 aromatic rings. The van der Waals surface area contributed by atoms with Gasteiger partial charge in [0, 0.05) is 3.57 Å². The summed E-state index contributed by atoms with van der Waals surface area (Å²) in [6, 6.07) is 11.6. The lowest BCUT2D eigenvalue weighted by atomic mass is 10.1. The molecule has 2 atom stereocenters. The fourth-order valence-corrected chi connectivity index (χ4v) is 3.79. The van der Waals surface area contributed by atoms with Crippen LogP contribution in [0.2, 0.25) is 0 Å². The number of hydrogen-bond donors (Lipinski definition) is 2. The summed E-state index contributed by atoms with van der Waals surface area (Å²) in [5.74, 6) is -6.62. The SMILES string of the molecule is O=C(O[C@H](C(=O)O)[C@@H](OC(=O)c1cccc(C(F)(F)F)c1)C(=O)Nc1ccccc1I)c1cccc(C(F)(F)F)c1. The molecule has 0 unspecified atom stereocenters. The van der Waals surface area contributed by atoms with E-state index in [0.29, 0.717) is 27.8 Å². The Kier molecular flexibility index (Phi) is 9.62. The molecule has 0 spiro atoms. The number of rotatable bonds is 8. The Labute approximate surface area is 240 Å². The molecular weight excluding hydrogens is 679 g/mol. The largest absolute Gasteiger partial charge is 0.478 e. The molecular formula is C26H16F6INO7. The van der Waals surface area contributed by atoms with Gasteiger partial charge in [-0.25, -0.2) is 14.4 Å². The first-order chi connectivity index (χ1) is 19.1. The van der Waals surface area contributed by atoms with Crippen molar-refractivity contribution in [3.05, 3.63) is 98.6 Å². The third-order valence-electron chi connectivity index (χ3n) is 5.23. The van der Waals surface area contributed by atoms with Gasteiger partial charge in [-0.3, -0.25) is 4.79 Å². The number of alkyl halides is 6. The Hall–Kier alpha value is -4.15. The van der Waals surface area contributed by atoms with Gasteiger partial charge in [-0.05, 0) is 71.1 Å². The van der Waals surface area contributed by atoms with Crippen LogP contribution in [0.25, 0.3) is 0 Å². The van der Waals surface area contributed by atoms with Crippen molar-refractivity contribution < 1.29 is 60.1 Å². The summed E-state index contributed by atoms with van der Waals surface area (Å²) >= 11 is 1.81. The molecule has 0 aromatic heterocycles. The molecule has 1 amide bonds. The van der Waals surface area contributed by atoms with E-state index in [9.17, 15) is 50.6 Å². The van der Waals surface area contributed by atoms with E-state index >= 15 is 0 Å². The number of amides is 1. The predicted octanol–water partition coefficient (Wildman–Crippen LogP) is 5.80. The highest BCUT2D eigenvalue weighted by atomic mass is 127. The highest BCUT2D eigenvalue weighted by molar-refractivity contribution is 14.1. The minimum absolute atomic E-state index is 0.103. The van der Waals surface area contributed by atoms with E-state index in [1.807, 2.05) is 22.6 Å². The average molecular weight is 695 g/mol. The molecule has 0 aliphatic carbocycles. The quantitative estimate of drug-likeness (QED) is 0.174. The van der Waals surface area contributed by atoms with E-state index in [0.717, 1.165) is 24.3 Å². The Bertz CT molecular complexity index is 1470. The number of hydrogen-bond acceptors (Lipinski definition) is 6. The molecule has 0 aliphatic heterocycles. The molecule has 0 aliphatic rings. The molecule has 3 rings (SSSR count). The maximum Gasteiger partial charge on any atom is 0.416 e. The number of ether oxygens (including phenoxy) is 2. The minimum atomic E-state index is -4.86. The number of carbonyl (C=O) groups excluding carboxylic acids is 3. The first-order valence-electron chi connectivity index (χ1n) is 11.1. The molecule has 15 heteroatoms. The molecule has 0 saturated carbocycles. The van der Waals surface area contributed by atoms with Crippen LogP contribution >= 0.6 is 22.6 Å². The smallest absolute Gasteiger partial charge is 0.416 e. The van der Waals surface area contributed by atoms with Gasteiger partial charge in [-0.15, -0.1) is 0 Å². The van der Waals surface area contributed by atoms with Gasteiger partial charge in [-0.1, -0.05) is 24.3 Å². The fraction of sp³-hybridized carbons (Fsp3) is 0.154. The number of carbonyl (C=O) groups is 4. The topological polar surface area (TPSA) is 119 Å². The van der Waals surface area contributed by atoms with Crippen molar-refractivity contribution in [2.75, 3.05) is 5.32 Å². The normalized spacial score (nSPS) is 13.0. The summed E-state index contributed by atoms with van der Waals surface area (Å²) in [4.78, 5) is 50.6. The molecule has 0 radical (unpaired) electrons. The van der Waals surface area contributed by atoms with Gasteiger partial charge in [0.15, 0.2) is 0 Å². The van der Waals surface area contributed by atoms with Gasteiger partial charge in [0.2, 0.25) is 12.2 Å². The van der Waals surface area contributed by atoms with Crippen molar-refractivity contribution >= 4 is 52.1 Å². The van der Waals surface area contributed by atoms with Crippen LogP contribution in [0.1, 0.15) is 31.8 Å². The lowest BCUT2D eigenvalue weighted by molar-refractivity contribution is -0.157. The average Bonchev–Trinajstić information content (AvgIpc) is 2.90. The lowest BCUT2D eigenvalue weighted by Crippen LogP contribution is -2.48. The van der Waals surface area contributed by atoms with E-state index < -0.39 is 70.6 Å². The second-order valence-electron chi connectivity index (χ2n) is 8.12.